The summed E-state index contributed by atoms with van der Waals surface area (Å²) in [5.41, 5.74) is 0.981. The number of hydrogen-bond acceptors (Lipinski definition) is 7. The number of rotatable bonds is 3. The third-order valence-electron chi connectivity index (χ3n) is 3.67. The molecule has 2 fully saturated rings. The molecule has 2 N–H and O–H groups in total. The molecule has 2 aliphatic heterocycles. The monoisotopic (exact) mass is 265 g/mol. The summed E-state index contributed by atoms with van der Waals surface area (Å²) in [5, 5.41) is 14.7. The Morgan fingerprint density at radius 2 is 2.21 bits per heavy atom. The molecule has 1 aromatic rings. The van der Waals surface area contributed by atoms with Crippen LogP contribution in [0.15, 0.2) is 9.68 Å². The number of oxime groups is 1. The molecular weight excluding hydrogens is 246 g/mol. The summed E-state index contributed by atoms with van der Waals surface area (Å²) in [6, 6.07) is 0.0665. The van der Waals surface area contributed by atoms with E-state index in [1.807, 2.05) is 0 Å². The average molecular weight is 265 g/mol. The normalized spacial score (nSPS) is 27.0. The van der Waals surface area contributed by atoms with E-state index in [0.29, 0.717) is 18.4 Å². The van der Waals surface area contributed by atoms with Gasteiger partial charge in [-0.25, -0.2) is 0 Å². The lowest BCUT2D eigenvalue weighted by molar-refractivity contribution is 0.212. The first-order valence-corrected chi connectivity index (χ1v) is 6.73. The standard InChI is InChI=1S/C12H19N5O2/c1-18-16-9-6-10(14-7-9)12-15-11(17-19-12)8-2-4-13-5-3-8/h8,10,13-14H,2-7H2,1H3. The molecule has 104 valence electrons. The van der Waals surface area contributed by atoms with E-state index in [2.05, 4.69) is 25.9 Å². The van der Waals surface area contributed by atoms with Crippen molar-refractivity contribution in [3.05, 3.63) is 11.7 Å². The second kappa shape index (κ2) is 5.66. The maximum absolute atomic E-state index is 5.39. The summed E-state index contributed by atoms with van der Waals surface area (Å²) in [6.07, 6.45) is 2.92. The summed E-state index contributed by atoms with van der Waals surface area (Å²) < 4.78 is 5.39. The molecule has 1 aromatic heterocycles. The third-order valence-corrected chi connectivity index (χ3v) is 3.67. The zero-order valence-electron chi connectivity index (χ0n) is 11.1. The van der Waals surface area contributed by atoms with Crippen molar-refractivity contribution in [2.24, 2.45) is 5.16 Å². The summed E-state index contributed by atoms with van der Waals surface area (Å²) in [7, 11) is 1.56. The maximum Gasteiger partial charge on any atom is 0.244 e. The van der Waals surface area contributed by atoms with Crippen LogP contribution >= 0.6 is 0 Å². The van der Waals surface area contributed by atoms with Gasteiger partial charge in [0.15, 0.2) is 5.82 Å². The number of nitrogens with zero attached hydrogens (tertiary/aromatic N) is 3. The fraction of sp³-hybridized carbons (Fsp3) is 0.750. The Morgan fingerprint density at radius 3 is 3.00 bits per heavy atom. The lowest BCUT2D eigenvalue weighted by atomic mass is 9.98. The van der Waals surface area contributed by atoms with E-state index in [9.17, 15) is 0 Å². The molecule has 19 heavy (non-hydrogen) atoms. The van der Waals surface area contributed by atoms with Crippen LogP contribution < -0.4 is 10.6 Å². The number of hydrogen-bond donors (Lipinski definition) is 2. The van der Waals surface area contributed by atoms with Crippen LogP contribution in [0.1, 0.15) is 42.9 Å². The van der Waals surface area contributed by atoms with Crippen LogP contribution in [0.2, 0.25) is 0 Å². The first kappa shape index (κ1) is 12.6. The third kappa shape index (κ3) is 2.76. The van der Waals surface area contributed by atoms with Gasteiger partial charge < -0.3 is 20.0 Å². The smallest absolute Gasteiger partial charge is 0.244 e. The Bertz CT molecular complexity index is 453. The van der Waals surface area contributed by atoms with Gasteiger partial charge in [0.05, 0.1) is 11.8 Å². The van der Waals surface area contributed by atoms with Crippen LogP contribution in [-0.2, 0) is 4.84 Å². The van der Waals surface area contributed by atoms with Gasteiger partial charge >= 0.3 is 0 Å². The van der Waals surface area contributed by atoms with Crippen molar-refractivity contribution in [2.75, 3.05) is 26.7 Å². The van der Waals surface area contributed by atoms with Crippen molar-refractivity contribution in [3.63, 3.8) is 0 Å². The minimum absolute atomic E-state index is 0.0665. The molecule has 0 aliphatic carbocycles. The Balaban J connectivity index is 1.66. The van der Waals surface area contributed by atoms with Crippen LogP contribution in [0, 0.1) is 0 Å². The second-order valence-electron chi connectivity index (χ2n) is 4.99. The molecular formula is C12H19N5O2. The van der Waals surface area contributed by atoms with Gasteiger partial charge in [-0.1, -0.05) is 10.3 Å². The van der Waals surface area contributed by atoms with Crippen LogP contribution in [-0.4, -0.2) is 42.6 Å². The highest BCUT2D eigenvalue weighted by Gasteiger charge is 2.28. The van der Waals surface area contributed by atoms with Crippen LogP contribution in [0.3, 0.4) is 0 Å². The van der Waals surface area contributed by atoms with Crippen molar-refractivity contribution in [3.8, 4) is 0 Å². The van der Waals surface area contributed by atoms with Crippen molar-refractivity contribution in [1.29, 1.82) is 0 Å². The van der Waals surface area contributed by atoms with E-state index in [1.165, 1.54) is 0 Å². The average Bonchev–Trinajstić information content (AvgIpc) is 3.08. The Hall–Kier alpha value is -1.47. The second-order valence-corrected chi connectivity index (χ2v) is 4.99. The molecule has 7 nitrogen and oxygen atoms in total. The van der Waals surface area contributed by atoms with Crippen molar-refractivity contribution < 1.29 is 9.36 Å². The summed E-state index contributed by atoms with van der Waals surface area (Å²) >= 11 is 0. The van der Waals surface area contributed by atoms with Gasteiger partial charge in [0, 0.05) is 18.9 Å². The minimum Gasteiger partial charge on any atom is -0.399 e. The molecule has 0 saturated carbocycles. The summed E-state index contributed by atoms with van der Waals surface area (Å²) in [5.74, 6) is 1.93. The summed E-state index contributed by atoms with van der Waals surface area (Å²) in [4.78, 5) is 9.33. The van der Waals surface area contributed by atoms with E-state index in [0.717, 1.165) is 43.9 Å². The van der Waals surface area contributed by atoms with Crippen molar-refractivity contribution in [1.82, 2.24) is 20.8 Å². The zero-order chi connectivity index (χ0) is 13.1. The fourth-order valence-corrected chi connectivity index (χ4v) is 2.63. The lowest BCUT2D eigenvalue weighted by Gasteiger charge is -2.19. The van der Waals surface area contributed by atoms with Gasteiger partial charge in [-0.05, 0) is 25.9 Å². The predicted molar refractivity (Wildman–Crippen MR) is 68.9 cm³/mol. The van der Waals surface area contributed by atoms with E-state index >= 15 is 0 Å². The first-order valence-electron chi connectivity index (χ1n) is 6.73. The minimum atomic E-state index is 0.0665. The van der Waals surface area contributed by atoms with Gasteiger partial charge in [0.1, 0.15) is 7.11 Å². The van der Waals surface area contributed by atoms with Crippen molar-refractivity contribution >= 4 is 5.71 Å². The van der Waals surface area contributed by atoms with Gasteiger partial charge in [0.25, 0.3) is 0 Å². The lowest BCUT2D eigenvalue weighted by Crippen LogP contribution is -2.27. The Labute approximate surface area is 111 Å². The van der Waals surface area contributed by atoms with E-state index in [-0.39, 0.29) is 6.04 Å². The summed E-state index contributed by atoms with van der Waals surface area (Å²) in [6.45, 7) is 2.77. The van der Waals surface area contributed by atoms with Crippen LogP contribution in [0.5, 0.6) is 0 Å². The Morgan fingerprint density at radius 1 is 1.37 bits per heavy atom. The molecule has 2 saturated heterocycles. The van der Waals surface area contributed by atoms with Crippen LogP contribution in [0.4, 0.5) is 0 Å². The maximum atomic E-state index is 5.39. The molecule has 0 aromatic carbocycles. The first-order chi connectivity index (χ1) is 9.36. The molecule has 0 spiro atoms. The van der Waals surface area contributed by atoms with Gasteiger partial charge in [-0.15, -0.1) is 0 Å². The zero-order valence-corrected chi connectivity index (χ0v) is 11.1. The molecule has 3 rings (SSSR count). The van der Waals surface area contributed by atoms with Gasteiger partial charge in [0.2, 0.25) is 5.89 Å². The number of piperidine rings is 1. The molecule has 0 bridgehead atoms. The molecule has 1 unspecified atom stereocenters. The largest absolute Gasteiger partial charge is 0.399 e. The predicted octanol–water partition coefficient (Wildman–Crippen LogP) is 0.573. The van der Waals surface area contributed by atoms with E-state index in [4.69, 9.17) is 9.36 Å². The SMILES string of the molecule is CON=C1CNC(c2nc(C3CCNCC3)no2)C1. The highest BCUT2D eigenvalue weighted by atomic mass is 16.6. The topological polar surface area (TPSA) is 84.6 Å². The number of nitrogens with one attached hydrogen (secondary N) is 2. The van der Waals surface area contributed by atoms with Crippen molar-refractivity contribution in [2.45, 2.75) is 31.2 Å². The van der Waals surface area contributed by atoms with E-state index in [1.54, 1.807) is 7.11 Å². The molecule has 7 heteroatoms. The van der Waals surface area contributed by atoms with Gasteiger partial charge in [-0.3, -0.25) is 0 Å². The molecule has 0 radical (unpaired) electrons. The molecule has 2 aliphatic rings. The molecule has 0 amide bonds. The van der Waals surface area contributed by atoms with E-state index < -0.39 is 0 Å². The Kier molecular flexibility index (Phi) is 3.74. The highest BCUT2D eigenvalue weighted by Crippen LogP contribution is 2.26. The quantitative estimate of drug-likeness (QED) is 0.777. The number of aromatic nitrogens is 2. The fourth-order valence-electron chi connectivity index (χ4n) is 2.63. The molecule has 1 atom stereocenters. The van der Waals surface area contributed by atoms with Gasteiger partial charge in [-0.2, -0.15) is 4.98 Å². The van der Waals surface area contributed by atoms with Crippen LogP contribution in [0.25, 0.3) is 0 Å². The highest BCUT2D eigenvalue weighted by molar-refractivity contribution is 5.88. The molecule has 3 heterocycles.